The smallest absolute Gasteiger partial charge is 0.181 e. The highest BCUT2D eigenvalue weighted by molar-refractivity contribution is 6.42. The number of aromatic nitrogens is 1. The van der Waals surface area contributed by atoms with E-state index in [9.17, 15) is 0 Å². The quantitative estimate of drug-likeness (QED) is 0.713. The summed E-state index contributed by atoms with van der Waals surface area (Å²) in [6.07, 6.45) is 3.11. The lowest BCUT2D eigenvalue weighted by Crippen LogP contribution is -2.00. The molecule has 106 valence electrons. The van der Waals surface area contributed by atoms with Crippen molar-refractivity contribution in [3.63, 3.8) is 0 Å². The summed E-state index contributed by atoms with van der Waals surface area (Å²) >= 11 is 12.2. The minimum Gasteiger partial charge on any atom is -0.444 e. The molecule has 0 saturated heterocycles. The number of oxazole rings is 1. The van der Waals surface area contributed by atoms with Crippen LogP contribution in [0.15, 0.2) is 59.5 Å². The molecule has 1 heterocycles. The van der Waals surface area contributed by atoms with Crippen molar-refractivity contribution in [2.24, 2.45) is 0 Å². The fourth-order valence-corrected chi connectivity index (χ4v) is 2.41. The molecule has 0 unspecified atom stereocenters. The van der Waals surface area contributed by atoms with Crippen LogP contribution in [0.1, 0.15) is 5.56 Å². The molecule has 0 aliphatic heterocycles. The second-order valence-electron chi connectivity index (χ2n) is 4.51. The normalized spacial score (nSPS) is 10.6. The lowest BCUT2D eigenvalue weighted by molar-refractivity contribution is 0.572. The zero-order valence-electron chi connectivity index (χ0n) is 11.0. The molecule has 0 spiro atoms. The number of nitrogens with one attached hydrogen (secondary N) is 1. The van der Waals surface area contributed by atoms with Crippen LogP contribution in [0.3, 0.4) is 0 Å². The fourth-order valence-electron chi connectivity index (χ4n) is 2.02. The van der Waals surface area contributed by atoms with Gasteiger partial charge in [-0.1, -0.05) is 47.5 Å². The largest absolute Gasteiger partial charge is 0.444 e. The van der Waals surface area contributed by atoms with Crippen LogP contribution in [0.25, 0.3) is 11.3 Å². The summed E-state index contributed by atoms with van der Waals surface area (Å²) in [7, 11) is 0. The molecule has 3 rings (SSSR count). The SMILES string of the molecule is Clc1cccc(CNc2cccc(-c3cnco3)c2)c1Cl. The van der Waals surface area contributed by atoms with E-state index in [0.29, 0.717) is 16.6 Å². The molecule has 0 radical (unpaired) electrons. The van der Waals surface area contributed by atoms with Gasteiger partial charge in [0, 0.05) is 17.8 Å². The van der Waals surface area contributed by atoms with Crippen LogP contribution in [0.4, 0.5) is 5.69 Å². The Hall–Kier alpha value is -1.97. The van der Waals surface area contributed by atoms with Crippen LogP contribution in [-0.2, 0) is 6.54 Å². The zero-order chi connectivity index (χ0) is 14.7. The Bertz CT molecular complexity index is 742. The van der Waals surface area contributed by atoms with E-state index in [2.05, 4.69) is 10.3 Å². The van der Waals surface area contributed by atoms with Gasteiger partial charge in [-0.15, -0.1) is 0 Å². The van der Waals surface area contributed by atoms with E-state index in [1.54, 1.807) is 12.3 Å². The first-order valence-electron chi connectivity index (χ1n) is 6.40. The number of benzene rings is 2. The van der Waals surface area contributed by atoms with Gasteiger partial charge in [-0.2, -0.15) is 0 Å². The first-order chi connectivity index (χ1) is 10.2. The van der Waals surface area contributed by atoms with Crippen molar-refractivity contribution in [3.8, 4) is 11.3 Å². The molecule has 3 aromatic rings. The van der Waals surface area contributed by atoms with E-state index in [1.165, 1.54) is 6.39 Å². The third-order valence-electron chi connectivity index (χ3n) is 3.09. The summed E-state index contributed by atoms with van der Waals surface area (Å²) in [5.74, 6) is 0.736. The second kappa shape index (κ2) is 6.20. The molecule has 3 nitrogen and oxygen atoms in total. The summed E-state index contributed by atoms with van der Waals surface area (Å²) < 4.78 is 5.29. The topological polar surface area (TPSA) is 38.1 Å². The third kappa shape index (κ3) is 3.20. The van der Waals surface area contributed by atoms with Gasteiger partial charge in [0.15, 0.2) is 12.2 Å². The Kier molecular flexibility index (Phi) is 4.13. The van der Waals surface area contributed by atoms with Crippen LogP contribution in [0, 0.1) is 0 Å². The van der Waals surface area contributed by atoms with Crippen molar-refractivity contribution in [2.75, 3.05) is 5.32 Å². The first-order valence-corrected chi connectivity index (χ1v) is 7.15. The van der Waals surface area contributed by atoms with Crippen molar-refractivity contribution < 1.29 is 4.42 Å². The summed E-state index contributed by atoms with van der Waals surface area (Å²) in [5, 5.41) is 4.47. The minimum atomic E-state index is 0.561. The Morgan fingerprint density at radius 1 is 1.10 bits per heavy atom. The highest BCUT2D eigenvalue weighted by atomic mass is 35.5. The first kappa shape index (κ1) is 14.0. The van der Waals surface area contributed by atoms with Gasteiger partial charge in [0.05, 0.1) is 16.2 Å². The van der Waals surface area contributed by atoms with Crippen molar-refractivity contribution in [2.45, 2.75) is 6.54 Å². The lowest BCUT2D eigenvalue weighted by Gasteiger charge is -2.09. The van der Waals surface area contributed by atoms with Gasteiger partial charge in [-0.3, -0.25) is 0 Å². The standard InChI is InChI=1S/C16H12Cl2N2O/c17-14-6-2-4-12(16(14)18)8-20-13-5-1-3-11(7-13)15-9-19-10-21-15/h1-7,9-10,20H,8H2. The van der Waals surface area contributed by atoms with Gasteiger partial charge in [-0.05, 0) is 23.8 Å². The van der Waals surface area contributed by atoms with E-state index in [4.69, 9.17) is 27.6 Å². The molecule has 0 bridgehead atoms. The summed E-state index contributed by atoms with van der Waals surface area (Å²) in [6, 6.07) is 13.5. The van der Waals surface area contributed by atoms with Gasteiger partial charge in [0.2, 0.25) is 0 Å². The summed E-state index contributed by atoms with van der Waals surface area (Å²) in [6.45, 7) is 0.596. The summed E-state index contributed by atoms with van der Waals surface area (Å²) in [4.78, 5) is 3.92. The molecule has 0 amide bonds. The highest BCUT2D eigenvalue weighted by Crippen LogP contribution is 2.27. The van der Waals surface area contributed by atoms with Crippen molar-refractivity contribution >= 4 is 28.9 Å². The third-order valence-corrected chi connectivity index (χ3v) is 3.95. The predicted octanol–water partition coefficient (Wildman–Crippen LogP) is 5.26. The second-order valence-corrected chi connectivity index (χ2v) is 5.30. The van der Waals surface area contributed by atoms with Gasteiger partial charge < -0.3 is 9.73 Å². The lowest BCUT2D eigenvalue weighted by atomic mass is 10.1. The average molecular weight is 319 g/mol. The van der Waals surface area contributed by atoms with Gasteiger partial charge in [0.25, 0.3) is 0 Å². The highest BCUT2D eigenvalue weighted by Gasteiger charge is 2.05. The molecule has 21 heavy (non-hydrogen) atoms. The van der Waals surface area contributed by atoms with Gasteiger partial charge in [-0.25, -0.2) is 4.98 Å². The molecule has 0 aliphatic rings. The molecular formula is C16H12Cl2N2O. The van der Waals surface area contributed by atoms with Crippen LogP contribution < -0.4 is 5.32 Å². The number of nitrogens with zero attached hydrogens (tertiary/aromatic N) is 1. The molecular weight excluding hydrogens is 307 g/mol. The van der Waals surface area contributed by atoms with Crippen molar-refractivity contribution in [1.29, 1.82) is 0 Å². The maximum absolute atomic E-state index is 6.18. The number of halogens is 2. The molecule has 5 heteroatoms. The van der Waals surface area contributed by atoms with Gasteiger partial charge in [0.1, 0.15) is 0 Å². The van der Waals surface area contributed by atoms with Crippen LogP contribution in [-0.4, -0.2) is 4.98 Å². The Balaban J connectivity index is 1.77. The minimum absolute atomic E-state index is 0.561. The summed E-state index contributed by atoms with van der Waals surface area (Å²) in [5.41, 5.74) is 2.89. The van der Waals surface area contributed by atoms with E-state index < -0.39 is 0 Å². The van der Waals surface area contributed by atoms with Crippen LogP contribution in [0.2, 0.25) is 10.0 Å². The van der Waals surface area contributed by atoms with E-state index in [1.807, 2.05) is 36.4 Å². The Morgan fingerprint density at radius 2 is 1.95 bits per heavy atom. The van der Waals surface area contributed by atoms with E-state index >= 15 is 0 Å². The monoisotopic (exact) mass is 318 g/mol. The maximum atomic E-state index is 6.18. The molecule has 1 N–H and O–H groups in total. The van der Waals surface area contributed by atoms with Crippen molar-refractivity contribution in [3.05, 3.63) is 70.7 Å². The van der Waals surface area contributed by atoms with Crippen LogP contribution >= 0.6 is 23.2 Å². The molecule has 0 fully saturated rings. The number of rotatable bonds is 4. The number of anilines is 1. The molecule has 2 aromatic carbocycles. The van der Waals surface area contributed by atoms with E-state index in [0.717, 1.165) is 22.6 Å². The fraction of sp³-hybridized carbons (Fsp3) is 0.0625. The molecule has 0 atom stereocenters. The predicted molar refractivity (Wildman–Crippen MR) is 85.7 cm³/mol. The van der Waals surface area contributed by atoms with E-state index in [-0.39, 0.29) is 0 Å². The van der Waals surface area contributed by atoms with Crippen LogP contribution in [0.5, 0.6) is 0 Å². The maximum Gasteiger partial charge on any atom is 0.181 e. The molecule has 1 aromatic heterocycles. The molecule has 0 saturated carbocycles. The van der Waals surface area contributed by atoms with Crippen molar-refractivity contribution in [1.82, 2.24) is 4.98 Å². The molecule has 0 aliphatic carbocycles. The van der Waals surface area contributed by atoms with Gasteiger partial charge >= 0.3 is 0 Å². The number of hydrogen-bond donors (Lipinski definition) is 1. The Labute approximate surface area is 132 Å². The average Bonchev–Trinajstić information content (AvgIpc) is 3.03. The zero-order valence-corrected chi connectivity index (χ0v) is 12.5. The Morgan fingerprint density at radius 3 is 2.76 bits per heavy atom. The number of hydrogen-bond acceptors (Lipinski definition) is 3.